The lowest BCUT2D eigenvalue weighted by atomic mass is 10.1. The molecular weight excluding hydrogens is 234 g/mol. The number of hydrogen-bond acceptors (Lipinski definition) is 3. The molecule has 1 aromatic rings. The molecule has 1 fully saturated rings. The van der Waals surface area contributed by atoms with Crippen LogP contribution >= 0.6 is 0 Å². The smallest absolute Gasteiger partial charge is 0.128 e. The van der Waals surface area contributed by atoms with Crippen LogP contribution in [0.25, 0.3) is 0 Å². The standard InChI is InChI=1S/C16H27N3/c1-3-17-13-14-10-11-18-16(12-14)19(2)15-8-6-4-5-7-9-15/h10-12,15,17H,3-9,13H2,1-2H3. The van der Waals surface area contributed by atoms with Gasteiger partial charge in [-0.25, -0.2) is 4.98 Å². The Balaban J connectivity index is 2.02. The maximum atomic E-state index is 4.55. The molecule has 1 N–H and O–H groups in total. The second-order valence-electron chi connectivity index (χ2n) is 5.56. The van der Waals surface area contributed by atoms with Gasteiger partial charge in [-0.05, 0) is 37.1 Å². The van der Waals surface area contributed by atoms with Gasteiger partial charge < -0.3 is 10.2 Å². The van der Waals surface area contributed by atoms with Gasteiger partial charge in [-0.1, -0.05) is 32.6 Å². The van der Waals surface area contributed by atoms with Crippen LogP contribution < -0.4 is 10.2 Å². The maximum Gasteiger partial charge on any atom is 0.128 e. The summed E-state index contributed by atoms with van der Waals surface area (Å²) in [6.07, 6.45) is 10.1. The van der Waals surface area contributed by atoms with Crippen LogP contribution in [0.1, 0.15) is 51.0 Å². The molecule has 1 aliphatic rings. The van der Waals surface area contributed by atoms with E-state index >= 15 is 0 Å². The SMILES string of the molecule is CCNCc1ccnc(N(C)C2CCCCCC2)c1. The fraction of sp³-hybridized carbons (Fsp3) is 0.688. The Labute approximate surface area is 117 Å². The van der Waals surface area contributed by atoms with Gasteiger partial charge in [0.1, 0.15) is 5.82 Å². The van der Waals surface area contributed by atoms with E-state index in [0.29, 0.717) is 6.04 Å². The third kappa shape index (κ3) is 4.20. The molecule has 0 unspecified atom stereocenters. The summed E-state index contributed by atoms with van der Waals surface area (Å²) in [6, 6.07) is 5.00. The quantitative estimate of drug-likeness (QED) is 0.824. The average molecular weight is 261 g/mol. The molecule has 0 bridgehead atoms. The Morgan fingerprint density at radius 1 is 1.26 bits per heavy atom. The van der Waals surface area contributed by atoms with Crippen molar-refractivity contribution in [3.8, 4) is 0 Å². The molecule has 106 valence electrons. The summed E-state index contributed by atoms with van der Waals surface area (Å²) >= 11 is 0. The van der Waals surface area contributed by atoms with Gasteiger partial charge in [0.2, 0.25) is 0 Å². The molecule has 0 atom stereocenters. The second-order valence-corrected chi connectivity index (χ2v) is 5.56. The summed E-state index contributed by atoms with van der Waals surface area (Å²) < 4.78 is 0. The summed E-state index contributed by atoms with van der Waals surface area (Å²) in [6.45, 7) is 4.08. The molecule has 0 spiro atoms. The van der Waals surface area contributed by atoms with Crippen molar-refractivity contribution in [2.24, 2.45) is 0 Å². The summed E-state index contributed by atoms with van der Waals surface area (Å²) in [5.41, 5.74) is 1.33. The average Bonchev–Trinajstić information content (AvgIpc) is 2.73. The number of pyridine rings is 1. The number of aromatic nitrogens is 1. The first-order chi connectivity index (χ1) is 9.31. The summed E-state index contributed by atoms with van der Waals surface area (Å²) in [4.78, 5) is 6.94. The molecule has 0 amide bonds. The molecule has 0 saturated heterocycles. The lowest BCUT2D eigenvalue weighted by Crippen LogP contribution is -2.31. The zero-order valence-corrected chi connectivity index (χ0v) is 12.4. The number of hydrogen-bond donors (Lipinski definition) is 1. The van der Waals surface area contributed by atoms with Crippen molar-refractivity contribution in [1.29, 1.82) is 0 Å². The highest BCUT2D eigenvalue weighted by atomic mass is 15.2. The van der Waals surface area contributed by atoms with Gasteiger partial charge in [0, 0.05) is 25.8 Å². The minimum atomic E-state index is 0.671. The van der Waals surface area contributed by atoms with Crippen molar-refractivity contribution >= 4 is 5.82 Å². The first-order valence-corrected chi connectivity index (χ1v) is 7.69. The van der Waals surface area contributed by atoms with Crippen LogP contribution in [0.3, 0.4) is 0 Å². The Morgan fingerprint density at radius 3 is 2.68 bits per heavy atom. The molecule has 1 aromatic heterocycles. The summed E-state index contributed by atoms with van der Waals surface area (Å²) in [5, 5.41) is 3.37. The predicted octanol–water partition coefficient (Wildman–Crippen LogP) is 3.35. The fourth-order valence-electron chi connectivity index (χ4n) is 2.86. The Morgan fingerprint density at radius 2 is 2.00 bits per heavy atom. The molecule has 1 aliphatic carbocycles. The van der Waals surface area contributed by atoms with Crippen LogP contribution in [0.15, 0.2) is 18.3 Å². The highest BCUT2D eigenvalue weighted by Crippen LogP contribution is 2.24. The second kappa shape index (κ2) is 7.49. The highest BCUT2D eigenvalue weighted by Gasteiger charge is 2.18. The first kappa shape index (κ1) is 14.3. The Hall–Kier alpha value is -1.09. The molecule has 3 nitrogen and oxygen atoms in total. The van der Waals surface area contributed by atoms with E-state index in [4.69, 9.17) is 0 Å². The van der Waals surface area contributed by atoms with Crippen LogP contribution in [0.5, 0.6) is 0 Å². The predicted molar refractivity (Wildman–Crippen MR) is 81.5 cm³/mol. The Kier molecular flexibility index (Phi) is 5.64. The van der Waals surface area contributed by atoms with Crippen molar-refractivity contribution < 1.29 is 0 Å². The zero-order chi connectivity index (χ0) is 13.5. The normalized spacial score (nSPS) is 17.2. The van der Waals surface area contributed by atoms with Crippen molar-refractivity contribution in [1.82, 2.24) is 10.3 Å². The van der Waals surface area contributed by atoms with Gasteiger partial charge in [0.05, 0.1) is 0 Å². The van der Waals surface area contributed by atoms with E-state index in [2.05, 4.69) is 41.3 Å². The minimum Gasteiger partial charge on any atom is -0.357 e. The van der Waals surface area contributed by atoms with Crippen molar-refractivity contribution in [3.63, 3.8) is 0 Å². The molecular formula is C16H27N3. The summed E-state index contributed by atoms with van der Waals surface area (Å²) in [7, 11) is 2.20. The van der Waals surface area contributed by atoms with E-state index in [1.54, 1.807) is 0 Å². The van der Waals surface area contributed by atoms with E-state index in [-0.39, 0.29) is 0 Å². The van der Waals surface area contributed by atoms with E-state index in [1.807, 2.05) is 6.20 Å². The molecule has 3 heteroatoms. The minimum absolute atomic E-state index is 0.671. The summed E-state index contributed by atoms with van der Waals surface area (Å²) in [5.74, 6) is 1.13. The van der Waals surface area contributed by atoms with Crippen molar-refractivity contribution in [3.05, 3.63) is 23.9 Å². The van der Waals surface area contributed by atoms with Gasteiger partial charge in [-0.15, -0.1) is 0 Å². The molecule has 1 heterocycles. The van der Waals surface area contributed by atoms with Crippen LogP contribution in [-0.4, -0.2) is 24.6 Å². The number of nitrogens with one attached hydrogen (secondary N) is 1. The number of anilines is 1. The molecule has 2 rings (SSSR count). The Bertz CT molecular complexity index is 370. The topological polar surface area (TPSA) is 28.2 Å². The maximum absolute atomic E-state index is 4.55. The van der Waals surface area contributed by atoms with E-state index in [9.17, 15) is 0 Å². The van der Waals surface area contributed by atoms with Crippen molar-refractivity contribution in [2.45, 2.75) is 58.0 Å². The lowest BCUT2D eigenvalue weighted by Gasteiger charge is -2.28. The van der Waals surface area contributed by atoms with Gasteiger partial charge >= 0.3 is 0 Å². The molecule has 19 heavy (non-hydrogen) atoms. The lowest BCUT2D eigenvalue weighted by molar-refractivity contribution is 0.549. The highest BCUT2D eigenvalue weighted by molar-refractivity contribution is 5.41. The largest absolute Gasteiger partial charge is 0.357 e. The van der Waals surface area contributed by atoms with Crippen molar-refractivity contribution in [2.75, 3.05) is 18.5 Å². The molecule has 0 aromatic carbocycles. The van der Waals surface area contributed by atoms with Crippen LogP contribution in [0.4, 0.5) is 5.82 Å². The zero-order valence-electron chi connectivity index (χ0n) is 12.4. The number of rotatable bonds is 5. The van der Waals surface area contributed by atoms with E-state index in [1.165, 1.54) is 44.1 Å². The monoisotopic (exact) mass is 261 g/mol. The van der Waals surface area contributed by atoms with Gasteiger partial charge in [0.15, 0.2) is 0 Å². The molecule has 1 saturated carbocycles. The van der Waals surface area contributed by atoms with Crippen LogP contribution in [0.2, 0.25) is 0 Å². The fourth-order valence-corrected chi connectivity index (χ4v) is 2.86. The first-order valence-electron chi connectivity index (χ1n) is 7.69. The third-order valence-electron chi connectivity index (χ3n) is 4.12. The van der Waals surface area contributed by atoms with Gasteiger partial charge in [0.25, 0.3) is 0 Å². The van der Waals surface area contributed by atoms with Crippen LogP contribution in [0, 0.1) is 0 Å². The van der Waals surface area contributed by atoms with E-state index < -0.39 is 0 Å². The van der Waals surface area contributed by atoms with E-state index in [0.717, 1.165) is 18.9 Å². The van der Waals surface area contributed by atoms with Gasteiger partial charge in [-0.3, -0.25) is 0 Å². The van der Waals surface area contributed by atoms with Gasteiger partial charge in [-0.2, -0.15) is 0 Å². The third-order valence-corrected chi connectivity index (χ3v) is 4.12. The molecule has 0 aliphatic heterocycles. The molecule has 0 radical (unpaired) electrons. The van der Waals surface area contributed by atoms with Crippen LogP contribution in [-0.2, 0) is 6.54 Å². The number of nitrogens with zero attached hydrogens (tertiary/aromatic N) is 2.